The van der Waals surface area contributed by atoms with Gasteiger partial charge in [0, 0.05) is 11.6 Å². The molecule has 29 heavy (non-hydrogen) atoms. The van der Waals surface area contributed by atoms with Gasteiger partial charge >= 0.3 is 0 Å². The minimum absolute atomic E-state index is 0.0407. The van der Waals surface area contributed by atoms with Crippen molar-refractivity contribution in [2.75, 3.05) is 7.11 Å². The fourth-order valence-electron chi connectivity index (χ4n) is 3.22. The van der Waals surface area contributed by atoms with Crippen molar-refractivity contribution in [3.05, 3.63) is 82.9 Å². The van der Waals surface area contributed by atoms with Crippen molar-refractivity contribution in [2.45, 2.75) is 20.3 Å². The minimum Gasteiger partial charge on any atom is -0.507 e. The lowest BCUT2D eigenvalue weighted by Crippen LogP contribution is -2.02. The van der Waals surface area contributed by atoms with Crippen LogP contribution in [0.5, 0.6) is 17.2 Å². The maximum absolute atomic E-state index is 12.9. The molecule has 0 atom stereocenters. The number of ketones is 1. The van der Waals surface area contributed by atoms with Crippen LogP contribution in [0.15, 0.2) is 66.3 Å². The van der Waals surface area contributed by atoms with Crippen LogP contribution < -0.4 is 4.74 Å². The van der Waals surface area contributed by atoms with Gasteiger partial charge < -0.3 is 14.9 Å². The normalized spacial score (nSPS) is 11.0. The molecule has 3 rings (SSSR count). The highest BCUT2D eigenvalue weighted by Crippen LogP contribution is 2.39. The predicted molar refractivity (Wildman–Crippen MR) is 117 cm³/mol. The third-order valence-electron chi connectivity index (χ3n) is 4.76. The van der Waals surface area contributed by atoms with E-state index in [0.717, 1.165) is 21.9 Å². The van der Waals surface area contributed by atoms with Gasteiger partial charge in [0.05, 0.1) is 7.11 Å². The number of hydrogen-bond acceptors (Lipinski definition) is 4. The summed E-state index contributed by atoms with van der Waals surface area (Å²) in [5, 5.41) is 23.1. The highest BCUT2D eigenvalue weighted by atomic mass is 16.5. The molecule has 0 aromatic heterocycles. The van der Waals surface area contributed by atoms with Gasteiger partial charge in [0.25, 0.3) is 0 Å². The van der Waals surface area contributed by atoms with E-state index in [1.54, 1.807) is 6.08 Å². The quantitative estimate of drug-likeness (QED) is 0.325. The first-order chi connectivity index (χ1) is 13.9. The lowest BCUT2D eigenvalue weighted by Gasteiger charge is -2.13. The Balaban J connectivity index is 2.02. The Labute approximate surface area is 170 Å². The minimum atomic E-state index is -0.397. The SMILES string of the molecule is COc1cc(O)c(CC=C(C)C)c(O)c1C(=O)/C=C/c1cccc2ccccc12. The molecule has 0 unspecified atom stereocenters. The number of phenols is 2. The molecule has 3 aromatic carbocycles. The molecular weight excluding hydrogens is 364 g/mol. The third kappa shape index (κ3) is 4.32. The molecule has 0 heterocycles. The smallest absolute Gasteiger partial charge is 0.193 e. The van der Waals surface area contributed by atoms with Crippen LogP contribution in [-0.2, 0) is 6.42 Å². The van der Waals surface area contributed by atoms with Crippen molar-refractivity contribution in [3.8, 4) is 17.2 Å². The van der Waals surface area contributed by atoms with Crippen molar-refractivity contribution >= 4 is 22.6 Å². The molecule has 148 valence electrons. The van der Waals surface area contributed by atoms with Crippen LogP contribution in [-0.4, -0.2) is 23.1 Å². The number of aromatic hydroxyl groups is 2. The first kappa shape index (κ1) is 20.2. The van der Waals surface area contributed by atoms with Gasteiger partial charge in [-0.05, 0) is 42.7 Å². The Morgan fingerprint density at radius 1 is 1.07 bits per heavy atom. The number of fused-ring (bicyclic) bond motifs is 1. The van der Waals surface area contributed by atoms with E-state index in [4.69, 9.17) is 4.74 Å². The molecule has 3 aromatic rings. The lowest BCUT2D eigenvalue weighted by molar-refractivity contribution is 0.104. The average molecular weight is 388 g/mol. The van der Waals surface area contributed by atoms with Crippen molar-refractivity contribution in [1.82, 2.24) is 0 Å². The molecule has 0 fully saturated rings. The number of phenolic OH excluding ortho intramolecular Hbond substituents is 2. The van der Waals surface area contributed by atoms with Crippen molar-refractivity contribution in [2.24, 2.45) is 0 Å². The summed E-state index contributed by atoms with van der Waals surface area (Å²) in [7, 11) is 1.40. The van der Waals surface area contributed by atoms with Gasteiger partial charge in [-0.25, -0.2) is 0 Å². The van der Waals surface area contributed by atoms with Gasteiger partial charge in [0.2, 0.25) is 0 Å². The monoisotopic (exact) mass is 388 g/mol. The van der Waals surface area contributed by atoms with E-state index < -0.39 is 5.78 Å². The molecule has 0 saturated heterocycles. The van der Waals surface area contributed by atoms with Crippen LogP contribution in [0, 0.1) is 0 Å². The number of hydrogen-bond donors (Lipinski definition) is 2. The van der Waals surface area contributed by atoms with Gasteiger partial charge in [-0.3, -0.25) is 4.79 Å². The van der Waals surface area contributed by atoms with Crippen LogP contribution in [0.1, 0.15) is 35.3 Å². The summed E-state index contributed by atoms with van der Waals surface area (Å²) in [5.41, 5.74) is 2.29. The molecule has 4 heteroatoms. The van der Waals surface area contributed by atoms with E-state index in [2.05, 4.69) is 0 Å². The predicted octanol–water partition coefficient (Wildman–Crippen LogP) is 5.66. The van der Waals surface area contributed by atoms with E-state index in [1.165, 1.54) is 19.3 Å². The summed E-state index contributed by atoms with van der Waals surface area (Å²) in [6.07, 6.45) is 5.34. The molecule has 0 amide bonds. The number of ether oxygens (including phenoxy) is 1. The Morgan fingerprint density at radius 2 is 1.79 bits per heavy atom. The summed E-state index contributed by atoms with van der Waals surface area (Å²) in [4.78, 5) is 12.9. The number of carbonyl (C=O) groups is 1. The fourth-order valence-corrected chi connectivity index (χ4v) is 3.22. The Morgan fingerprint density at radius 3 is 2.52 bits per heavy atom. The van der Waals surface area contributed by atoms with Crippen LogP contribution >= 0.6 is 0 Å². The summed E-state index contributed by atoms with van der Waals surface area (Å²) in [5.74, 6) is -0.627. The highest BCUT2D eigenvalue weighted by molar-refractivity contribution is 6.11. The van der Waals surface area contributed by atoms with Gasteiger partial charge in [-0.15, -0.1) is 0 Å². The van der Waals surface area contributed by atoms with Gasteiger partial charge in [0.15, 0.2) is 5.78 Å². The Kier molecular flexibility index (Phi) is 6.03. The second-order valence-corrected chi connectivity index (χ2v) is 7.05. The van der Waals surface area contributed by atoms with E-state index in [9.17, 15) is 15.0 Å². The number of methoxy groups -OCH3 is 1. The van der Waals surface area contributed by atoms with Gasteiger partial charge in [0.1, 0.15) is 22.8 Å². The number of allylic oxidation sites excluding steroid dienone is 3. The molecule has 0 bridgehead atoms. The van der Waals surface area contributed by atoms with Gasteiger partial charge in [-0.2, -0.15) is 0 Å². The number of carbonyl (C=O) groups excluding carboxylic acids is 1. The Bertz CT molecular complexity index is 1110. The molecular formula is C25H24O4. The molecule has 0 radical (unpaired) electrons. The maximum atomic E-state index is 12.9. The largest absolute Gasteiger partial charge is 0.507 e. The van der Waals surface area contributed by atoms with E-state index in [1.807, 2.05) is 62.4 Å². The van der Waals surface area contributed by atoms with Gasteiger partial charge in [-0.1, -0.05) is 60.2 Å². The van der Waals surface area contributed by atoms with E-state index in [-0.39, 0.29) is 22.8 Å². The molecule has 0 aliphatic carbocycles. The summed E-state index contributed by atoms with van der Waals surface area (Å²) < 4.78 is 5.24. The maximum Gasteiger partial charge on any atom is 0.193 e. The second-order valence-electron chi connectivity index (χ2n) is 7.05. The van der Waals surface area contributed by atoms with Crippen LogP contribution in [0.3, 0.4) is 0 Å². The molecule has 2 N–H and O–H groups in total. The molecule has 0 spiro atoms. The van der Waals surface area contributed by atoms with Crippen molar-refractivity contribution < 1.29 is 19.7 Å². The van der Waals surface area contributed by atoms with E-state index >= 15 is 0 Å². The van der Waals surface area contributed by atoms with Crippen LogP contribution in [0.2, 0.25) is 0 Å². The number of benzene rings is 3. The lowest BCUT2D eigenvalue weighted by atomic mass is 9.98. The Hall–Kier alpha value is -3.53. The van der Waals surface area contributed by atoms with Crippen molar-refractivity contribution in [1.29, 1.82) is 0 Å². The zero-order chi connectivity index (χ0) is 21.0. The highest BCUT2D eigenvalue weighted by Gasteiger charge is 2.21. The number of rotatable bonds is 6. The zero-order valence-electron chi connectivity index (χ0n) is 16.8. The summed E-state index contributed by atoms with van der Waals surface area (Å²) in [6, 6.07) is 15.2. The molecule has 0 saturated carbocycles. The average Bonchev–Trinajstić information content (AvgIpc) is 2.71. The third-order valence-corrected chi connectivity index (χ3v) is 4.76. The van der Waals surface area contributed by atoms with Crippen molar-refractivity contribution in [3.63, 3.8) is 0 Å². The molecule has 0 aliphatic rings. The second kappa shape index (κ2) is 8.65. The molecule has 4 nitrogen and oxygen atoms in total. The standard InChI is InChI=1S/C25H24O4/c1-16(2)11-13-20-22(27)15-23(29-3)24(25(20)28)21(26)14-12-18-9-6-8-17-7-4-5-10-19(17)18/h4-12,14-15,27-28H,13H2,1-3H3/b14-12+. The zero-order valence-corrected chi connectivity index (χ0v) is 16.8. The topological polar surface area (TPSA) is 66.8 Å². The molecule has 0 aliphatic heterocycles. The van der Waals surface area contributed by atoms with Crippen LogP contribution in [0.25, 0.3) is 16.8 Å². The van der Waals surface area contributed by atoms with E-state index in [0.29, 0.717) is 12.0 Å². The summed E-state index contributed by atoms with van der Waals surface area (Å²) >= 11 is 0. The first-order valence-corrected chi connectivity index (χ1v) is 9.37. The summed E-state index contributed by atoms with van der Waals surface area (Å²) in [6.45, 7) is 3.85. The first-order valence-electron chi connectivity index (χ1n) is 9.37. The fraction of sp³-hybridized carbons (Fsp3) is 0.160. The van der Waals surface area contributed by atoms with Crippen LogP contribution in [0.4, 0.5) is 0 Å².